The van der Waals surface area contributed by atoms with Gasteiger partial charge in [0, 0.05) is 31.4 Å². The molecule has 0 unspecified atom stereocenters. The number of nitrogen functional groups attached to an aromatic ring is 1. The standard InChI is InChI=1S/C12H16N4O2/c1-16-5-4-12(15-16)14-9-7-11(18-3)10(17-2)6-8(9)13/h4-7H,13H2,1-3H3,(H,14,15). The minimum absolute atomic E-state index is 0.568. The van der Waals surface area contributed by atoms with Crippen LogP contribution in [0.25, 0.3) is 0 Å². The zero-order valence-corrected chi connectivity index (χ0v) is 10.6. The van der Waals surface area contributed by atoms with Crippen molar-refractivity contribution in [2.45, 2.75) is 0 Å². The molecule has 0 saturated carbocycles. The van der Waals surface area contributed by atoms with Crippen molar-refractivity contribution in [3.8, 4) is 11.5 Å². The lowest BCUT2D eigenvalue weighted by Gasteiger charge is -2.12. The second kappa shape index (κ2) is 4.87. The molecule has 0 atom stereocenters. The molecular weight excluding hydrogens is 232 g/mol. The largest absolute Gasteiger partial charge is 0.493 e. The third kappa shape index (κ3) is 2.32. The number of benzene rings is 1. The summed E-state index contributed by atoms with van der Waals surface area (Å²) in [5.74, 6) is 1.93. The number of hydrogen-bond acceptors (Lipinski definition) is 5. The second-order valence-electron chi connectivity index (χ2n) is 3.79. The van der Waals surface area contributed by atoms with Gasteiger partial charge in [-0.3, -0.25) is 4.68 Å². The van der Waals surface area contributed by atoms with Crippen molar-refractivity contribution in [1.29, 1.82) is 0 Å². The number of rotatable bonds is 4. The summed E-state index contributed by atoms with van der Waals surface area (Å²) in [4.78, 5) is 0. The lowest BCUT2D eigenvalue weighted by molar-refractivity contribution is 0.355. The topological polar surface area (TPSA) is 74.3 Å². The molecule has 6 heteroatoms. The van der Waals surface area contributed by atoms with E-state index in [1.54, 1.807) is 31.0 Å². The quantitative estimate of drug-likeness (QED) is 0.806. The van der Waals surface area contributed by atoms with E-state index in [1.165, 1.54) is 0 Å². The molecule has 0 saturated heterocycles. The fraction of sp³-hybridized carbons (Fsp3) is 0.250. The highest BCUT2D eigenvalue weighted by molar-refractivity contribution is 5.75. The Balaban J connectivity index is 2.33. The second-order valence-corrected chi connectivity index (χ2v) is 3.79. The molecule has 0 spiro atoms. The lowest BCUT2D eigenvalue weighted by Crippen LogP contribution is -2.00. The molecule has 0 amide bonds. The van der Waals surface area contributed by atoms with Gasteiger partial charge in [-0.25, -0.2) is 0 Å². The number of anilines is 3. The molecule has 0 fully saturated rings. The number of nitrogens with one attached hydrogen (secondary N) is 1. The van der Waals surface area contributed by atoms with Crippen LogP contribution in [0.5, 0.6) is 11.5 Å². The highest BCUT2D eigenvalue weighted by atomic mass is 16.5. The number of nitrogens with zero attached hydrogens (tertiary/aromatic N) is 2. The number of aryl methyl sites for hydroxylation is 1. The van der Waals surface area contributed by atoms with E-state index in [4.69, 9.17) is 15.2 Å². The van der Waals surface area contributed by atoms with Gasteiger partial charge in [0.05, 0.1) is 25.6 Å². The van der Waals surface area contributed by atoms with Gasteiger partial charge in [0.25, 0.3) is 0 Å². The van der Waals surface area contributed by atoms with E-state index in [-0.39, 0.29) is 0 Å². The van der Waals surface area contributed by atoms with E-state index in [1.807, 2.05) is 19.3 Å². The van der Waals surface area contributed by atoms with Crippen LogP contribution in [-0.2, 0) is 7.05 Å². The lowest BCUT2D eigenvalue weighted by atomic mass is 10.2. The van der Waals surface area contributed by atoms with Crippen molar-refractivity contribution >= 4 is 17.2 Å². The molecule has 18 heavy (non-hydrogen) atoms. The number of methoxy groups -OCH3 is 2. The maximum Gasteiger partial charge on any atom is 0.162 e. The predicted octanol–water partition coefficient (Wildman–Crippen LogP) is 1.76. The Morgan fingerprint density at radius 3 is 2.44 bits per heavy atom. The smallest absolute Gasteiger partial charge is 0.162 e. The van der Waals surface area contributed by atoms with Crippen LogP contribution < -0.4 is 20.5 Å². The highest BCUT2D eigenvalue weighted by Crippen LogP contribution is 2.35. The van der Waals surface area contributed by atoms with Crippen LogP contribution in [0.3, 0.4) is 0 Å². The van der Waals surface area contributed by atoms with Crippen molar-refractivity contribution in [1.82, 2.24) is 9.78 Å². The van der Waals surface area contributed by atoms with Crippen LogP contribution in [0, 0.1) is 0 Å². The van der Waals surface area contributed by atoms with E-state index in [0.29, 0.717) is 17.2 Å². The first kappa shape index (κ1) is 12.1. The van der Waals surface area contributed by atoms with E-state index in [0.717, 1.165) is 11.5 Å². The molecular formula is C12H16N4O2. The monoisotopic (exact) mass is 248 g/mol. The molecule has 1 aromatic heterocycles. The molecule has 0 radical (unpaired) electrons. The summed E-state index contributed by atoms with van der Waals surface area (Å²) in [5.41, 5.74) is 7.24. The van der Waals surface area contributed by atoms with Gasteiger partial charge in [-0.05, 0) is 0 Å². The summed E-state index contributed by atoms with van der Waals surface area (Å²) in [7, 11) is 5.00. The third-order valence-electron chi connectivity index (χ3n) is 2.53. The minimum atomic E-state index is 0.568. The van der Waals surface area contributed by atoms with Crippen molar-refractivity contribution in [3.63, 3.8) is 0 Å². The number of hydrogen-bond donors (Lipinski definition) is 2. The first-order valence-electron chi connectivity index (χ1n) is 5.42. The molecule has 1 aromatic carbocycles. The van der Waals surface area contributed by atoms with E-state index >= 15 is 0 Å². The molecule has 0 bridgehead atoms. The van der Waals surface area contributed by atoms with Crippen molar-refractivity contribution in [2.24, 2.45) is 7.05 Å². The normalized spacial score (nSPS) is 10.2. The summed E-state index contributed by atoms with van der Waals surface area (Å²) in [6, 6.07) is 5.35. The van der Waals surface area contributed by atoms with Crippen molar-refractivity contribution < 1.29 is 9.47 Å². The maximum absolute atomic E-state index is 5.94. The molecule has 2 rings (SSSR count). The Hall–Kier alpha value is -2.37. The molecule has 0 aliphatic rings. The summed E-state index contributed by atoms with van der Waals surface area (Å²) in [6.45, 7) is 0. The SMILES string of the molecule is COc1cc(N)c(Nc2ccn(C)n2)cc1OC. The van der Waals surface area contributed by atoms with Crippen LogP contribution in [-0.4, -0.2) is 24.0 Å². The molecule has 2 aromatic rings. The van der Waals surface area contributed by atoms with E-state index in [2.05, 4.69) is 10.4 Å². The van der Waals surface area contributed by atoms with Crippen LogP contribution in [0.1, 0.15) is 0 Å². The number of aromatic nitrogens is 2. The minimum Gasteiger partial charge on any atom is -0.493 e. The number of nitrogens with two attached hydrogens (primary N) is 1. The van der Waals surface area contributed by atoms with Gasteiger partial charge >= 0.3 is 0 Å². The van der Waals surface area contributed by atoms with Gasteiger partial charge < -0.3 is 20.5 Å². The molecule has 1 heterocycles. The van der Waals surface area contributed by atoms with Crippen LogP contribution in [0.4, 0.5) is 17.2 Å². The Bertz CT molecular complexity index is 551. The Kier molecular flexibility index (Phi) is 3.27. The fourth-order valence-corrected chi connectivity index (χ4v) is 1.62. The molecule has 96 valence electrons. The molecule has 3 N–H and O–H groups in total. The highest BCUT2D eigenvalue weighted by Gasteiger charge is 2.10. The van der Waals surface area contributed by atoms with Crippen molar-refractivity contribution in [3.05, 3.63) is 24.4 Å². The van der Waals surface area contributed by atoms with Crippen LogP contribution in [0.15, 0.2) is 24.4 Å². The summed E-state index contributed by atoms with van der Waals surface area (Å²) >= 11 is 0. The van der Waals surface area contributed by atoms with Crippen molar-refractivity contribution in [2.75, 3.05) is 25.3 Å². The Morgan fingerprint density at radius 1 is 1.22 bits per heavy atom. The third-order valence-corrected chi connectivity index (χ3v) is 2.53. The van der Waals surface area contributed by atoms with Gasteiger partial charge in [0.2, 0.25) is 0 Å². The summed E-state index contributed by atoms with van der Waals surface area (Å²) in [5, 5.41) is 7.35. The maximum atomic E-state index is 5.94. The average molecular weight is 248 g/mol. The first-order chi connectivity index (χ1) is 8.63. The van der Waals surface area contributed by atoms with E-state index < -0.39 is 0 Å². The van der Waals surface area contributed by atoms with Crippen LogP contribution >= 0.6 is 0 Å². The molecule has 0 aliphatic heterocycles. The summed E-state index contributed by atoms with van der Waals surface area (Å²) < 4.78 is 12.1. The Labute approximate surface area is 105 Å². The van der Waals surface area contributed by atoms with Crippen LogP contribution in [0.2, 0.25) is 0 Å². The van der Waals surface area contributed by atoms with E-state index in [9.17, 15) is 0 Å². The zero-order chi connectivity index (χ0) is 13.1. The molecule has 6 nitrogen and oxygen atoms in total. The van der Waals surface area contributed by atoms with Gasteiger partial charge in [-0.15, -0.1) is 0 Å². The Morgan fingerprint density at radius 2 is 1.89 bits per heavy atom. The van der Waals surface area contributed by atoms with Gasteiger partial charge in [0.15, 0.2) is 17.3 Å². The fourth-order valence-electron chi connectivity index (χ4n) is 1.62. The number of ether oxygens (including phenoxy) is 2. The predicted molar refractivity (Wildman–Crippen MR) is 70.4 cm³/mol. The first-order valence-corrected chi connectivity index (χ1v) is 5.42. The average Bonchev–Trinajstić information content (AvgIpc) is 2.77. The van der Waals surface area contributed by atoms with Gasteiger partial charge in [0.1, 0.15) is 0 Å². The summed E-state index contributed by atoms with van der Waals surface area (Å²) in [6.07, 6.45) is 1.85. The van der Waals surface area contributed by atoms with Gasteiger partial charge in [-0.1, -0.05) is 0 Å². The van der Waals surface area contributed by atoms with Gasteiger partial charge in [-0.2, -0.15) is 5.10 Å². The zero-order valence-electron chi connectivity index (χ0n) is 10.6. The molecule has 0 aliphatic carbocycles.